The number of hydrogen-bond acceptors (Lipinski definition) is 5. The van der Waals surface area contributed by atoms with Crippen molar-refractivity contribution >= 4 is 55.9 Å². The Kier molecular flexibility index (Phi) is 6.20. The van der Waals surface area contributed by atoms with Crippen molar-refractivity contribution < 1.29 is 22.8 Å². The lowest BCUT2D eigenvalue weighted by Crippen LogP contribution is -2.28. The average molecular weight is 583 g/mol. The Hall–Kier alpha value is -3.45. The summed E-state index contributed by atoms with van der Waals surface area (Å²) in [5.74, 6) is -1.19. The van der Waals surface area contributed by atoms with Gasteiger partial charge in [-0.1, -0.05) is 11.6 Å². The van der Waals surface area contributed by atoms with Crippen molar-refractivity contribution in [2.75, 3.05) is 11.9 Å². The van der Waals surface area contributed by atoms with Gasteiger partial charge in [-0.3, -0.25) is 14.7 Å². The van der Waals surface area contributed by atoms with Crippen molar-refractivity contribution in [3.05, 3.63) is 63.1 Å². The van der Waals surface area contributed by atoms with Gasteiger partial charge in [0.25, 0.3) is 11.8 Å². The third-order valence-corrected chi connectivity index (χ3v) is 6.50. The Bertz CT molecular complexity index is 1500. The molecular weight excluding hydrogens is 567 g/mol. The van der Waals surface area contributed by atoms with E-state index in [0.29, 0.717) is 33.9 Å². The standard InChI is InChI=1S/C22H16BrClF3N7O2/c23-12-6-11-9-30-32-17(11)16(21(36)29-8-10-3-4-10)18(12)31-20(35)14-7-15(22(25,26)27)33-34(14)19-13(24)2-1-5-28-19/h1-2,5-7,9-10H,3-4,8H2,(H,29,36)(H,30,32)(H,31,35). The monoisotopic (exact) mass is 581 g/mol. The lowest BCUT2D eigenvalue weighted by atomic mass is 10.1. The van der Waals surface area contributed by atoms with Crippen LogP contribution in [0.1, 0.15) is 39.4 Å². The molecule has 14 heteroatoms. The van der Waals surface area contributed by atoms with Crippen LogP contribution in [0.4, 0.5) is 18.9 Å². The minimum absolute atomic E-state index is 0.0106. The van der Waals surface area contributed by atoms with E-state index in [9.17, 15) is 22.8 Å². The molecule has 5 rings (SSSR count). The van der Waals surface area contributed by atoms with Crippen LogP contribution >= 0.6 is 27.5 Å². The Morgan fingerprint density at radius 3 is 2.72 bits per heavy atom. The van der Waals surface area contributed by atoms with Gasteiger partial charge in [0.2, 0.25) is 0 Å². The van der Waals surface area contributed by atoms with Crippen LogP contribution in [0.25, 0.3) is 16.7 Å². The van der Waals surface area contributed by atoms with E-state index in [1.807, 2.05) is 0 Å². The molecule has 9 nitrogen and oxygen atoms in total. The smallest absolute Gasteiger partial charge is 0.352 e. The number of aromatic nitrogens is 5. The van der Waals surface area contributed by atoms with Crippen LogP contribution in [0.3, 0.4) is 0 Å². The summed E-state index contributed by atoms with van der Waals surface area (Å²) in [7, 11) is 0. The quantitative estimate of drug-likeness (QED) is 0.297. The highest BCUT2D eigenvalue weighted by atomic mass is 79.9. The third-order valence-electron chi connectivity index (χ3n) is 5.58. The lowest BCUT2D eigenvalue weighted by molar-refractivity contribution is -0.141. The number of carbonyl (C=O) groups excluding carboxylic acids is 2. The molecule has 1 aliphatic rings. The maximum absolute atomic E-state index is 13.5. The van der Waals surface area contributed by atoms with E-state index >= 15 is 0 Å². The molecule has 0 spiro atoms. The molecule has 186 valence electrons. The van der Waals surface area contributed by atoms with E-state index in [1.165, 1.54) is 24.5 Å². The van der Waals surface area contributed by atoms with Gasteiger partial charge in [0, 0.05) is 28.7 Å². The summed E-state index contributed by atoms with van der Waals surface area (Å²) in [6.07, 6.45) is 0.0255. The number of aromatic amines is 1. The number of amides is 2. The summed E-state index contributed by atoms with van der Waals surface area (Å²) >= 11 is 9.48. The summed E-state index contributed by atoms with van der Waals surface area (Å²) in [5.41, 5.74) is -1.29. The van der Waals surface area contributed by atoms with Gasteiger partial charge >= 0.3 is 6.18 Å². The average Bonchev–Trinajstić information content (AvgIpc) is 3.34. The highest BCUT2D eigenvalue weighted by Crippen LogP contribution is 2.35. The second-order valence-corrected chi connectivity index (χ2v) is 9.44. The van der Waals surface area contributed by atoms with Crippen LogP contribution < -0.4 is 10.6 Å². The number of hydrogen-bond donors (Lipinski definition) is 3. The number of pyridine rings is 1. The van der Waals surface area contributed by atoms with E-state index in [-0.39, 0.29) is 22.1 Å². The molecule has 0 atom stereocenters. The summed E-state index contributed by atoms with van der Waals surface area (Å²) in [6.45, 7) is 0.467. The van der Waals surface area contributed by atoms with Crippen LogP contribution in [0.15, 0.2) is 41.1 Å². The van der Waals surface area contributed by atoms with Gasteiger partial charge in [0.15, 0.2) is 11.5 Å². The summed E-state index contributed by atoms with van der Waals surface area (Å²) in [6, 6.07) is 5.12. The molecule has 0 unspecified atom stereocenters. The molecule has 0 aliphatic heterocycles. The van der Waals surface area contributed by atoms with Crippen molar-refractivity contribution in [2.45, 2.75) is 19.0 Å². The Labute approximate surface area is 214 Å². The van der Waals surface area contributed by atoms with Crippen molar-refractivity contribution in [3.63, 3.8) is 0 Å². The number of fused-ring (bicyclic) bond motifs is 1. The first-order chi connectivity index (χ1) is 17.1. The van der Waals surface area contributed by atoms with Gasteiger partial charge in [0.05, 0.1) is 28.0 Å². The third kappa shape index (κ3) is 4.67. The Morgan fingerprint density at radius 1 is 1.25 bits per heavy atom. The van der Waals surface area contributed by atoms with Gasteiger partial charge in [0.1, 0.15) is 5.69 Å². The van der Waals surface area contributed by atoms with E-state index < -0.39 is 29.4 Å². The Balaban J connectivity index is 1.58. The molecule has 1 fully saturated rings. The number of nitrogens with zero attached hydrogens (tertiary/aromatic N) is 4. The minimum Gasteiger partial charge on any atom is -0.352 e. The van der Waals surface area contributed by atoms with E-state index in [1.54, 1.807) is 6.07 Å². The molecule has 36 heavy (non-hydrogen) atoms. The first-order valence-electron chi connectivity index (χ1n) is 10.7. The number of carbonyl (C=O) groups is 2. The highest BCUT2D eigenvalue weighted by Gasteiger charge is 2.37. The van der Waals surface area contributed by atoms with Crippen LogP contribution in [-0.4, -0.2) is 43.3 Å². The SMILES string of the molecule is O=C(NCC1CC1)c1c(NC(=O)c2cc(C(F)(F)F)nn2-c2ncccc2Cl)c(Br)cc2cn[nH]c12. The minimum atomic E-state index is -4.83. The normalized spacial score (nSPS) is 13.7. The zero-order valence-corrected chi connectivity index (χ0v) is 20.5. The summed E-state index contributed by atoms with van der Waals surface area (Å²) in [4.78, 5) is 30.4. The molecule has 1 saturated carbocycles. The van der Waals surface area contributed by atoms with Gasteiger partial charge < -0.3 is 10.6 Å². The fraction of sp³-hybridized carbons (Fsp3) is 0.227. The lowest BCUT2D eigenvalue weighted by Gasteiger charge is -2.15. The number of H-pyrrole nitrogens is 1. The zero-order chi connectivity index (χ0) is 25.6. The number of rotatable bonds is 6. The van der Waals surface area contributed by atoms with Gasteiger partial charge in [-0.05, 0) is 52.9 Å². The number of nitrogens with one attached hydrogen (secondary N) is 3. The largest absolute Gasteiger partial charge is 0.435 e. The topological polar surface area (TPSA) is 118 Å². The van der Waals surface area contributed by atoms with Gasteiger partial charge in [-0.2, -0.15) is 23.4 Å². The maximum Gasteiger partial charge on any atom is 0.435 e. The molecular formula is C22H16BrClF3N7O2. The number of benzene rings is 1. The zero-order valence-electron chi connectivity index (χ0n) is 18.2. The Morgan fingerprint density at radius 2 is 2.03 bits per heavy atom. The first kappa shape index (κ1) is 24.3. The van der Waals surface area contributed by atoms with E-state index in [2.05, 4.69) is 46.8 Å². The molecule has 3 heterocycles. The highest BCUT2D eigenvalue weighted by molar-refractivity contribution is 9.10. The van der Waals surface area contributed by atoms with Crippen LogP contribution in [-0.2, 0) is 6.18 Å². The van der Waals surface area contributed by atoms with Gasteiger partial charge in [-0.25, -0.2) is 9.67 Å². The molecule has 2 amide bonds. The van der Waals surface area contributed by atoms with Crippen molar-refractivity contribution in [3.8, 4) is 5.82 Å². The molecule has 0 saturated heterocycles. The summed E-state index contributed by atoms with van der Waals surface area (Å²) in [5, 5.41) is 16.2. The van der Waals surface area contributed by atoms with E-state index in [0.717, 1.165) is 17.5 Å². The second-order valence-electron chi connectivity index (χ2n) is 8.18. The van der Waals surface area contributed by atoms with Crippen molar-refractivity contribution in [2.24, 2.45) is 5.92 Å². The second kappa shape index (κ2) is 9.21. The molecule has 3 N–H and O–H groups in total. The number of alkyl halides is 3. The van der Waals surface area contributed by atoms with Gasteiger partial charge in [-0.15, -0.1) is 0 Å². The van der Waals surface area contributed by atoms with Crippen molar-refractivity contribution in [1.29, 1.82) is 0 Å². The summed E-state index contributed by atoms with van der Waals surface area (Å²) < 4.78 is 41.5. The van der Waals surface area contributed by atoms with E-state index in [4.69, 9.17) is 11.6 Å². The molecule has 1 aromatic carbocycles. The maximum atomic E-state index is 13.5. The number of anilines is 1. The molecule has 1 aliphatic carbocycles. The van der Waals surface area contributed by atoms with Crippen LogP contribution in [0.2, 0.25) is 5.02 Å². The fourth-order valence-electron chi connectivity index (χ4n) is 3.61. The van der Waals surface area contributed by atoms with Crippen molar-refractivity contribution in [1.82, 2.24) is 30.3 Å². The molecule has 0 bridgehead atoms. The molecule has 4 aromatic rings. The fourth-order valence-corrected chi connectivity index (χ4v) is 4.35. The van der Waals surface area contributed by atoms with Crippen LogP contribution in [0, 0.1) is 5.92 Å². The molecule has 3 aromatic heterocycles. The predicted molar refractivity (Wildman–Crippen MR) is 128 cm³/mol. The number of halogens is 5. The van der Waals surface area contributed by atoms with Crippen LogP contribution in [0.5, 0.6) is 0 Å². The predicted octanol–water partition coefficient (Wildman–Crippen LogP) is 4.97. The molecule has 0 radical (unpaired) electrons. The first-order valence-corrected chi connectivity index (χ1v) is 11.8.